The molecule has 2 aromatic rings. The van der Waals surface area contributed by atoms with Gasteiger partial charge in [-0.15, -0.1) is 0 Å². The van der Waals surface area contributed by atoms with Crippen LogP contribution in [0, 0.1) is 5.82 Å². The van der Waals surface area contributed by atoms with Crippen LogP contribution in [0.5, 0.6) is 0 Å². The SMILES string of the molecule is CC(C)c1cc(F)cc(C(C)C)c1CC(=O)CS(=O)(=O)Cc1cnn(C)c1. The molecule has 0 aliphatic heterocycles. The fraction of sp³-hybridized carbons (Fsp3) is 0.500. The number of hydrogen-bond donors (Lipinski definition) is 0. The van der Waals surface area contributed by atoms with E-state index in [4.69, 9.17) is 0 Å². The number of hydrogen-bond acceptors (Lipinski definition) is 4. The molecule has 0 bridgehead atoms. The summed E-state index contributed by atoms with van der Waals surface area (Å²) in [6.45, 7) is 7.75. The topological polar surface area (TPSA) is 69.0 Å². The fourth-order valence-electron chi connectivity index (χ4n) is 3.26. The Bertz CT molecular complexity index is 901. The first-order chi connectivity index (χ1) is 12.5. The van der Waals surface area contributed by atoms with Gasteiger partial charge in [0.15, 0.2) is 15.6 Å². The van der Waals surface area contributed by atoms with Gasteiger partial charge in [0.1, 0.15) is 11.6 Å². The smallest absolute Gasteiger partial charge is 0.161 e. The van der Waals surface area contributed by atoms with E-state index >= 15 is 0 Å². The first kappa shape index (κ1) is 21.3. The Morgan fingerprint density at radius 1 is 1.15 bits per heavy atom. The van der Waals surface area contributed by atoms with E-state index in [9.17, 15) is 17.6 Å². The van der Waals surface area contributed by atoms with Gasteiger partial charge in [-0.3, -0.25) is 9.48 Å². The van der Waals surface area contributed by atoms with Crippen molar-refractivity contribution in [2.45, 2.75) is 51.7 Å². The van der Waals surface area contributed by atoms with Gasteiger partial charge in [0.25, 0.3) is 0 Å². The quantitative estimate of drug-likeness (QED) is 0.687. The molecule has 1 aromatic carbocycles. The molecule has 148 valence electrons. The van der Waals surface area contributed by atoms with Crippen molar-refractivity contribution in [3.05, 3.63) is 52.6 Å². The van der Waals surface area contributed by atoms with Crippen molar-refractivity contribution in [2.75, 3.05) is 5.75 Å². The minimum atomic E-state index is -3.59. The summed E-state index contributed by atoms with van der Waals surface area (Å²) in [6.07, 6.45) is 3.10. The lowest BCUT2D eigenvalue weighted by Gasteiger charge is -2.19. The summed E-state index contributed by atoms with van der Waals surface area (Å²) >= 11 is 0. The van der Waals surface area contributed by atoms with Crippen molar-refractivity contribution < 1.29 is 17.6 Å². The predicted octanol–water partition coefficient (Wildman–Crippen LogP) is 3.53. The second-order valence-electron chi connectivity index (χ2n) is 7.64. The first-order valence-electron chi connectivity index (χ1n) is 9.00. The summed E-state index contributed by atoms with van der Waals surface area (Å²) in [7, 11) is -1.89. The highest BCUT2D eigenvalue weighted by molar-refractivity contribution is 7.91. The number of aryl methyl sites for hydroxylation is 1. The normalized spacial score (nSPS) is 12.1. The van der Waals surface area contributed by atoms with Gasteiger partial charge in [-0.25, -0.2) is 12.8 Å². The van der Waals surface area contributed by atoms with Gasteiger partial charge in [0.05, 0.1) is 11.9 Å². The lowest BCUT2D eigenvalue weighted by atomic mass is 9.86. The van der Waals surface area contributed by atoms with Crippen LogP contribution in [0.15, 0.2) is 24.5 Å². The summed E-state index contributed by atoms with van der Waals surface area (Å²) in [4.78, 5) is 12.6. The van der Waals surface area contributed by atoms with E-state index in [1.807, 2.05) is 27.7 Å². The van der Waals surface area contributed by atoms with E-state index in [0.717, 1.165) is 16.7 Å². The second kappa shape index (κ2) is 8.33. The molecule has 0 saturated heterocycles. The molecule has 0 amide bonds. The van der Waals surface area contributed by atoms with E-state index in [-0.39, 0.29) is 35.6 Å². The van der Waals surface area contributed by atoms with Gasteiger partial charge >= 0.3 is 0 Å². The Hall–Kier alpha value is -2.02. The standard InChI is InChI=1S/C20H27FN2O3S/c1-13(2)18-6-16(21)7-19(14(3)4)20(18)8-17(24)12-27(25,26)11-15-9-22-23(5)10-15/h6-7,9-10,13-14H,8,11-12H2,1-5H3. The molecular formula is C20H27FN2O3S. The lowest BCUT2D eigenvalue weighted by molar-refractivity contribution is -0.116. The summed E-state index contributed by atoms with van der Waals surface area (Å²) in [5.74, 6) is -1.39. The minimum absolute atomic E-state index is 0.00637. The molecule has 0 N–H and O–H groups in total. The highest BCUT2D eigenvalue weighted by Crippen LogP contribution is 2.29. The molecular weight excluding hydrogens is 367 g/mol. The minimum Gasteiger partial charge on any atom is -0.298 e. The molecule has 5 nitrogen and oxygen atoms in total. The Morgan fingerprint density at radius 2 is 1.70 bits per heavy atom. The zero-order chi connectivity index (χ0) is 20.4. The number of Topliss-reactive ketones (excluding diaryl/α,β-unsaturated/α-hetero) is 1. The van der Waals surface area contributed by atoms with E-state index < -0.39 is 15.6 Å². The zero-order valence-corrected chi connectivity index (χ0v) is 17.3. The van der Waals surface area contributed by atoms with Crippen LogP contribution in [0.4, 0.5) is 4.39 Å². The second-order valence-corrected chi connectivity index (χ2v) is 9.71. The van der Waals surface area contributed by atoms with Crippen LogP contribution in [0.1, 0.15) is 61.8 Å². The highest BCUT2D eigenvalue weighted by Gasteiger charge is 2.22. The van der Waals surface area contributed by atoms with Crippen molar-refractivity contribution in [1.29, 1.82) is 0 Å². The van der Waals surface area contributed by atoms with E-state index in [1.165, 1.54) is 23.0 Å². The number of carbonyl (C=O) groups is 1. The van der Waals surface area contributed by atoms with E-state index in [2.05, 4.69) is 5.10 Å². The summed E-state index contributed by atoms with van der Waals surface area (Å²) in [6, 6.07) is 2.90. The Morgan fingerprint density at radius 3 is 2.15 bits per heavy atom. The molecule has 0 saturated carbocycles. The van der Waals surface area contributed by atoms with Gasteiger partial charge in [0.2, 0.25) is 0 Å². The lowest BCUT2D eigenvalue weighted by Crippen LogP contribution is -2.21. The van der Waals surface area contributed by atoms with Crippen LogP contribution in [0.2, 0.25) is 0 Å². The molecule has 0 spiro atoms. The maximum absolute atomic E-state index is 14.0. The third kappa shape index (κ3) is 5.73. The molecule has 0 aliphatic rings. The number of nitrogens with zero attached hydrogens (tertiary/aromatic N) is 2. The van der Waals surface area contributed by atoms with Gasteiger partial charge in [0, 0.05) is 25.2 Å². The maximum Gasteiger partial charge on any atom is 0.161 e. The molecule has 0 aliphatic carbocycles. The van der Waals surface area contributed by atoms with Crippen LogP contribution >= 0.6 is 0 Å². The number of ketones is 1. The van der Waals surface area contributed by atoms with Crippen molar-refractivity contribution >= 4 is 15.6 Å². The largest absolute Gasteiger partial charge is 0.298 e. The highest BCUT2D eigenvalue weighted by atomic mass is 32.2. The van der Waals surface area contributed by atoms with Crippen LogP contribution in [0.25, 0.3) is 0 Å². The third-order valence-corrected chi connectivity index (χ3v) is 5.96. The third-order valence-electron chi connectivity index (χ3n) is 4.43. The molecule has 27 heavy (non-hydrogen) atoms. The van der Waals surface area contributed by atoms with Crippen molar-refractivity contribution in [3.63, 3.8) is 0 Å². The number of rotatable bonds is 8. The summed E-state index contributed by atoms with van der Waals surface area (Å²) in [5.41, 5.74) is 2.83. The average Bonchev–Trinajstić information content (AvgIpc) is 2.91. The Labute approximate surface area is 160 Å². The summed E-state index contributed by atoms with van der Waals surface area (Å²) in [5, 5.41) is 3.95. The van der Waals surface area contributed by atoms with Gasteiger partial charge in [-0.05, 0) is 40.7 Å². The van der Waals surface area contributed by atoms with Crippen LogP contribution in [-0.4, -0.2) is 29.7 Å². The van der Waals surface area contributed by atoms with Gasteiger partial charge < -0.3 is 0 Å². The molecule has 0 radical (unpaired) electrons. The van der Waals surface area contributed by atoms with Crippen LogP contribution in [-0.2, 0) is 33.9 Å². The number of carbonyl (C=O) groups excluding carboxylic acids is 1. The average molecular weight is 395 g/mol. The Balaban J connectivity index is 2.24. The van der Waals surface area contributed by atoms with E-state index in [0.29, 0.717) is 5.56 Å². The fourth-order valence-corrected chi connectivity index (χ4v) is 4.61. The van der Waals surface area contributed by atoms with Crippen LogP contribution in [0.3, 0.4) is 0 Å². The monoisotopic (exact) mass is 394 g/mol. The van der Waals surface area contributed by atoms with Gasteiger partial charge in [-0.2, -0.15) is 5.10 Å². The maximum atomic E-state index is 14.0. The number of sulfone groups is 1. The van der Waals surface area contributed by atoms with Crippen molar-refractivity contribution in [3.8, 4) is 0 Å². The number of halogens is 1. The summed E-state index contributed by atoms with van der Waals surface area (Å²) < 4.78 is 40.3. The molecule has 1 heterocycles. The molecule has 1 aromatic heterocycles. The number of benzene rings is 1. The number of aromatic nitrogens is 2. The van der Waals surface area contributed by atoms with Crippen molar-refractivity contribution in [2.24, 2.45) is 7.05 Å². The van der Waals surface area contributed by atoms with Crippen LogP contribution < -0.4 is 0 Å². The predicted molar refractivity (Wildman–Crippen MR) is 104 cm³/mol. The first-order valence-corrected chi connectivity index (χ1v) is 10.8. The molecule has 0 atom stereocenters. The molecule has 7 heteroatoms. The zero-order valence-electron chi connectivity index (χ0n) is 16.5. The Kier molecular flexibility index (Phi) is 6.57. The molecule has 0 unspecified atom stereocenters. The van der Waals surface area contributed by atoms with Gasteiger partial charge in [-0.1, -0.05) is 27.7 Å². The van der Waals surface area contributed by atoms with E-state index in [1.54, 1.807) is 13.2 Å². The molecule has 0 fully saturated rings. The van der Waals surface area contributed by atoms with Crippen molar-refractivity contribution in [1.82, 2.24) is 9.78 Å². The molecule has 2 rings (SSSR count).